The number of thiophene rings is 1. The van der Waals surface area contributed by atoms with E-state index in [9.17, 15) is 18.0 Å². The highest BCUT2D eigenvalue weighted by Gasteiger charge is 2.22. The number of nitrogens with one attached hydrogen (secondary N) is 1. The average Bonchev–Trinajstić information content (AvgIpc) is 2.94. The number of fused-ring (bicyclic) bond motifs is 1. The van der Waals surface area contributed by atoms with Crippen molar-refractivity contribution in [1.82, 2.24) is 0 Å². The van der Waals surface area contributed by atoms with Gasteiger partial charge in [0.2, 0.25) is 0 Å². The van der Waals surface area contributed by atoms with E-state index in [1.165, 1.54) is 32.2 Å². The Morgan fingerprint density at radius 2 is 1.81 bits per heavy atom. The van der Waals surface area contributed by atoms with Crippen molar-refractivity contribution in [2.45, 2.75) is 6.61 Å². The highest BCUT2D eigenvalue weighted by Crippen LogP contribution is 2.34. The number of amides is 1. The lowest BCUT2D eigenvalue weighted by atomic mass is 10.1. The Morgan fingerprint density at radius 1 is 1.15 bits per heavy atom. The van der Waals surface area contributed by atoms with Gasteiger partial charge < -0.3 is 15.0 Å². The number of hydrogen-bond acceptors (Lipinski definition) is 4. The highest BCUT2D eigenvalue weighted by molar-refractivity contribution is 7.21. The zero-order valence-electron chi connectivity index (χ0n) is 14.9. The molecule has 0 saturated heterocycles. The minimum atomic E-state index is -0.796. The molecule has 2 aromatic carbocycles. The molecule has 0 aliphatic rings. The lowest BCUT2D eigenvalue weighted by molar-refractivity contribution is 0.102. The predicted molar refractivity (Wildman–Crippen MR) is 101 cm³/mol. The summed E-state index contributed by atoms with van der Waals surface area (Å²) in [5.41, 5.74) is 0.179. The fourth-order valence-corrected chi connectivity index (χ4v) is 4.00. The van der Waals surface area contributed by atoms with Crippen molar-refractivity contribution in [3.8, 4) is 0 Å². The molecule has 0 saturated carbocycles. The van der Waals surface area contributed by atoms with Gasteiger partial charge in [0.15, 0.2) is 11.6 Å². The van der Waals surface area contributed by atoms with Crippen LogP contribution >= 0.6 is 11.3 Å². The molecule has 0 aliphatic heterocycles. The van der Waals surface area contributed by atoms with Crippen LogP contribution in [0.4, 0.5) is 24.5 Å². The molecule has 0 fully saturated rings. The van der Waals surface area contributed by atoms with Crippen LogP contribution in [-0.2, 0) is 11.3 Å². The molecule has 142 valence electrons. The van der Waals surface area contributed by atoms with Crippen molar-refractivity contribution >= 4 is 38.7 Å². The van der Waals surface area contributed by atoms with Gasteiger partial charge in [-0.1, -0.05) is 6.07 Å². The van der Waals surface area contributed by atoms with Crippen molar-refractivity contribution in [2.24, 2.45) is 0 Å². The third-order valence-corrected chi connectivity index (χ3v) is 5.18. The fraction of sp³-hybridized carbons (Fsp3) is 0.211. The summed E-state index contributed by atoms with van der Waals surface area (Å²) < 4.78 is 48.2. The summed E-state index contributed by atoms with van der Waals surface area (Å²) >= 11 is 1.09. The van der Waals surface area contributed by atoms with Crippen LogP contribution in [0.3, 0.4) is 0 Å². The van der Waals surface area contributed by atoms with Crippen LogP contribution in [0.25, 0.3) is 10.1 Å². The molecule has 0 aliphatic carbocycles. The standard InChI is InChI=1S/C19H17F3N2O2S/c1-24(2)17-13(21)7-10(8-14(17)22)23-19(25)18-11(9-26-3)16-12(20)5-4-6-15(16)27-18/h4-8H,9H2,1-3H3,(H,23,25). The zero-order chi connectivity index (χ0) is 19.7. The molecule has 1 aromatic heterocycles. The summed E-state index contributed by atoms with van der Waals surface area (Å²) in [6.07, 6.45) is 0. The quantitative estimate of drug-likeness (QED) is 0.677. The van der Waals surface area contributed by atoms with Gasteiger partial charge in [0, 0.05) is 42.5 Å². The summed E-state index contributed by atoms with van der Waals surface area (Å²) in [5.74, 6) is -2.63. The highest BCUT2D eigenvalue weighted by atomic mass is 32.1. The van der Waals surface area contributed by atoms with E-state index < -0.39 is 23.4 Å². The molecule has 1 heterocycles. The number of anilines is 2. The third kappa shape index (κ3) is 3.63. The van der Waals surface area contributed by atoms with Gasteiger partial charge in [-0.05, 0) is 24.3 Å². The number of rotatable bonds is 5. The monoisotopic (exact) mass is 394 g/mol. The van der Waals surface area contributed by atoms with E-state index in [0.717, 1.165) is 23.5 Å². The maximum absolute atomic E-state index is 14.2. The molecule has 3 rings (SSSR count). The minimum absolute atomic E-state index is 0.0260. The first kappa shape index (κ1) is 19.2. The second-order valence-corrected chi connectivity index (χ2v) is 7.14. The largest absolute Gasteiger partial charge is 0.380 e. The van der Waals surface area contributed by atoms with Gasteiger partial charge in [-0.25, -0.2) is 13.2 Å². The summed E-state index contributed by atoms with van der Waals surface area (Å²) in [7, 11) is 4.47. The van der Waals surface area contributed by atoms with Crippen LogP contribution in [0.2, 0.25) is 0 Å². The molecule has 8 heteroatoms. The van der Waals surface area contributed by atoms with Crippen molar-refractivity contribution in [1.29, 1.82) is 0 Å². The van der Waals surface area contributed by atoms with E-state index >= 15 is 0 Å². The Morgan fingerprint density at radius 3 is 2.41 bits per heavy atom. The lowest BCUT2D eigenvalue weighted by Crippen LogP contribution is -2.16. The van der Waals surface area contributed by atoms with Crippen LogP contribution < -0.4 is 10.2 Å². The van der Waals surface area contributed by atoms with Crippen LogP contribution in [0.15, 0.2) is 30.3 Å². The molecule has 0 atom stereocenters. The van der Waals surface area contributed by atoms with E-state index in [-0.39, 0.29) is 22.9 Å². The summed E-state index contributed by atoms with van der Waals surface area (Å²) in [6.45, 7) is 0.0337. The minimum Gasteiger partial charge on any atom is -0.380 e. The maximum Gasteiger partial charge on any atom is 0.266 e. The molecule has 0 bridgehead atoms. The topological polar surface area (TPSA) is 41.6 Å². The summed E-state index contributed by atoms with van der Waals surface area (Å²) in [5, 5.41) is 2.79. The molecule has 1 amide bonds. The Bertz CT molecular complexity index is 995. The fourth-order valence-electron chi connectivity index (χ4n) is 2.89. The zero-order valence-corrected chi connectivity index (χ0v) is 15.7. The van der Waals surface area contributed by atoms with E-state index in [0.29, 0.717) is 15.6 Å². The smallest absolute Gasteiger partial charge is 0.266 e. The lowest BCUT2D eigenvalue weighted by Gasteiger charge is -2.16. The van der Waals surface area contributed by atoms with Crippen LogP contribution in [0.5, 0.6) is 0 Å². The molecule has 4 nitrogen and oxygen atoms in total. The van der Waals surface area contributed by atoms with Gasteiger partial charge >= 0.3 is 0 Å². The first-order valence-electron chi connectivity index (χ1n) is 8.00. The van der Waals surface area contributed by atoms with E-state index in [1.54, 1.807) is 12.1 Å². The average molecular weight is 394 g/mol. The number of nitrogens with zero attached hydrogens (tertiary/aromatic N) is 1. The molecule has 3 aromatic rings. The number of ether oxygens (including phenoxy) is 1. The number of carbonyl (C=O) groups is 1. The van der Waals surface area contributed by atoms with Crippen molar-refractivity contribution in [3.05, 3.63) is 58.2 Å². The predicted octanol–water partition coefficient (Wildman–Crippen LogP) is 4.78. The van der Waals surface area contributed by atoms with Crippen LogP contribution in [0.1, 0.15) is 15.2 Å². The van der Waals surface area contributed by atoms with Gasteiger partial charge in [0.25, 0.3) is 5.91 Å². The normalized spacial score (nSPS) is 11.0. The Labute approximate surface area is 158 Å². The van der Waals surface area contributed by atoms with Gasteiger partial charge in [0.05, 0.1) is 11.5 Å². The van der Waals surface area contributed by atoms with Crippen LogP contribution in [-0.4, -0.2) is 27.1 Å². The van der Waals surface area contributed by atoms with Crippen molar-refractivity contribution in [2.75, 3.05) is 31.4 Å². The number of benzene rings is 2. The van der Waals surface area contributed by atoms with Gasteiger partial charge in [0.1, 0.15) is 11.5 Å². The number of halogens is 3. The van der Waals surface area contributed by atoms with Gasteiger partial charge in [-0.2, -0.15) is 0 Å². The van der Waals surface area contributed by atoms with Gasteiger partial charge in [-0.15, -0.1) is 11.3 Å². The summed E-state index contributed by atoms with van der Waals surface area (Å²) in [6, 6.07) is 6.64. The molecule has 0 spiro atoms. The van der Waals surface area contributed by atoms with Crippen molar-refractivity contribution < 1.29 is 22.7 Å². The molecule has 1 N–H and O–H groups in total. The van der Waals surface area contributed by atoms with Gasteiger partial charge in [-0.3, -0.25) is 4.79 Å². The molecule has 27 heavy (non-hydrogen) atoms. The number of carbonyl (C=O) groups excluding carboxylic acids is 1. The van der Waals surface area contributed by atoms with E-state index in [4.69, 9.17) is 4.74 Å². The Balaban J connectivity index is 2.00. The number of hydrogen-bond donors (Lipinski definition) is 1. The molecular weight excluding hydrogens is 377 g/mol. The molecule has 0 unspecified atom stereocenters. The molecule has 0 radical (unpaired) electrons. The van der Waals surface area contributed by atoms with Crippen LogP contribution in [0, 0.1) is 17.5 Å². The third-order valence-electron chi connectivity index (χ3n) is 3.98. The second kappa shape index (κ2) is 7.58. The first-order chi connectivity index (χ1) is 12.8. The Hall–Kier alpha value is -2.58. The second-order valence-electron chi connectivity index (χ2n) is 6.09. The maximum atomic E-state index is 14.2. The molecular formula is C19H17F3N2O2S. The van der Waals surface area contributed by atoms with Crippen molar-refractivity contribution in [3.63, 3.8) is 0 Å². The number of methoxy groups -OCH3 is 1. The van der Waals surface area contributed by atoms with E-state index in [2.05, 4.69) is 5.32 Å². The summed E-state index contributed by atoms with van der Waals surface area (Å²) in [4.78, 5) is 14.2. The first-order valence-corrected chi connectivity index (χ1v) is 8.81. The Kier molecular flexibility index (Phi) is 5.38. The SMILES string of the molecule is COCc1c(C(=O)Nc2cc(F)c(N(C)C)c(F)c2)sc2cccc(F)c12. The van der Waals surface area contributed by atoms with E-state index in [1.807, 2.05) is 0 Å².